The number of hydrogen-bond donors (Lipinski definition) is 2. The van der Waals surface area contributed by atoms with Gasteiger partial charge in [-0.05, 0) is 64.2 Å². The van der Waals surface area contributed by atoms with Crippen molar-refractivity contribution in [2.24, 2.45) is 5.41 Å². The lowest BCUT2D eigenvalue weighted by Gasteiger charge is -2.43. The van der Waals surface area contributed by atoms with Gasteiger partial charge < -0.3 is 29.4 Å². The van der Waals surface area contributed by atoms with E-state index in [1.54, 1.807) is 26.8 Å². The van der Waals surface area contributed by atoms with Crippen LogP contribution in [-0.2, 0) is 25.4 Å². The molecular weight excluding hydrogens is 538 g/mol. The summed E-state index contributed by atoms with van der Waals surface area (Å²) < 4.78 is 51.3. The van der Waals surface area contributed by atoms with Crippen LogP contribution in [0.25, 0.3) is 0 Å². The fraction of sp³-hybridized carbons (Fsp3) is 0.733. The summed E-state index contributed by atoms with van der Waals surface area (Å²) in [5.41, 5.74) is -0.849. The summed E-state index contributed by atoms with van der Waals surface area (Å²) in [5.74, 6) is -0.556. The number of morpholine rings is 1. The molecule has 1 aromatic rings. The molecule has 4 atom stereocenters. The summed E-state index contributed by atoms with van der Waals surface area (Å²) in [6, 6.07) is 2.46. The van der Waals surface area contributed by atoms with E-state index >= 15 is 0 Å². The maximum absolute atomic E-state index is 14.4. The van der Waals surface area contributed by atoms with Gasteiger partial charge in [0, 0.05) is 18.4 Å². The van der Waals surface area contributed by atoms with Gasteiger partial charge in [0.1, 0.15) is 17.2 Å². The van der Waals surface area contributed by atoms with Crippen molar-refractivity contribution in [1.29, 1.82) is 0 Å². The summed E-state index contributed by atoms with van der Waals surface area (Å²) in [7, 11) is 0. The molecule has 1 aliphatic carbocycles. The molecular formula is C30H46F2N2O7. The number of hydrogen-bond acceptors (Lipinski definition) is 7. The maximum atomic E-state index is 14.4. The van der Waals surface area contributed by atoms with Gasteiger partial charge in [-0.15, -0.1) is 0 Å². The zero-order chi connectivity index (χ0) is 30.2. The van der Waals surface area contributed by atoms with E-state index in [4.69, 9.17) is 18.9 Å². The Labute approximate surface area is 241 Å². The van der Waals surface area contributed by atoms with Crippen LogP contribution in [-0.4, -0.2) is 85.1 Å². The predicted molar refractivity (Wildman–Crippen MR) is 149 cm³/mol. The van der Waals surface area contributed by atoms with Crippen molar-refractivity contribution < 1.29 is 42.4 Å². The van der Waals surface area contributed by atoms with Crippen molar-refractivity contribution >= 4 is 12.0 Å². The van der Waals surface area contributed by atoms with Gasteiger partial charge in [-0.2, -0.15) is 0 Å². The standard InChI is InChI=1S/C30H46F2N2O7/c1-6-11-38-23-13-21(12-22(32)15-23)14-24(33-20(2)35)27(36)25-17-39-26(16-34(25)28(37)41-29(3,4)5)40-19-30(18-31)9-7-8-10-30/h12-13,15,24-27,36H,6-11,14,16-19H2,1-5H3,(H,33,35)/t24-,25+,26-,27-/m0/s1. The first-order valence-electron chi connectivity index (χ1n) is 14.5. The highest BCUT2D eigenvalue weighted by atomic mass is 19.1. The van der Waals surface area contributed by atoms with E-state index in [-0.39, 0.29) is 26.2 Å². The Morgan fingerprint density at radius 2 is 1.95 bits per heavy atom. The number of halogens is 2. The Hall–Kier alpha value is -2.50. The number of rotatable bonds is 12. The van der Waals surface area contributed by atoms with Gasteiger partial charge in [0.15, 0.2) is 6.29 Å². The summed E-state index contributed by atoms with van der Waals surface area (Å²) in [4.78, 5) is 26.8. The molecule has 2 aliphatic rings. The van der Waals surface area contributed by atoms with Gasteiger partial charge >= 0.3 is 6.09 Å². The maximum Gasteiger partial charge on any atom is 0.410 e. The van der Waals surface area contributed by atoms with Crippen LogP contribution in [0.15, 0.2) is 18.2 Å². The molecule has 3 rings (SSSR count). The van der Waals surface area contributed by atoms with Crippen LogP contribution in [0, 0.1) is 11.2 Å². The van der Waals surface area contributed by atoms with E-state index in [0.29, 0.717) is 17.9 Å². The molecule has 1 aliphatic heterocycles. The number of aliphatic hydroxyl groups excluding tert-OH is 1. The van der Waals surface area contributed by atoms with Crippen LogP contribution < -0.4 is 10.1 Å². The summed E-state index contributed by atoms with van der Waals surface area (Å²) in [6.07, 6.45) is 1.35. The number of benzene rings is 1. The summed E-state index contributed by atoms with van der Waals surface area (Å²) in [5, 5.41) is 14.3. The Bertz CT molecular complexity index is 1010. The SMILES string of the molecule is CCCOc1cc(F)cc(C[C@H](NC(C)=O)[C@H](O)[C@H]2CO[C@@H](OCC3(CF)CCCC3)CN2C(=O)OC(C)(C)C)c1. The van der Waals surface area contributed by atoms with Gasteiger partial charge in [-0.1, -0.05) is 19.8 Å². The van der Waals surface area contributed by atoms with Crippen LogP contribution in [0.2, 0.25) is 0 Å². The van der Waals surface area contributed by atoms with Crippen LogP contribution in [0.4, 0.5) is 13.6 Å². The second kappa shape index (κ2) is 14.6. The molecule has 1 aromatic carbocycles. The molecule has 2 N–H and O–H groups in total. The zero-order valence-electron chi connectivity index (χ0n) is 24.9. The van der Waals surface area contributed by atoms with Crippen molar-refractivity contribution in [3.8, 4) is 5.75 Å². The van der Waals surface area contributed by atoms with Crippen LogP contribution >= 0.6 is 0 Å². The molecule has 0 bridgehead atoms. The van der Waals surface area contributed by atoms with Crippen molar-refractivity contribution in [2.45, 2.75) is 103 Å². The van der Waals surface area contributed by atoms with Crippen molar-refractivity contribution in [1.82, 2.24) is 10.2 Å². The normalized spacial score (nSPS) is 22.2. The zero-order valence-corrected chi connectivity index (χ0v) is 24.9. The largest absolute Gasteiger partial charge is 0.493 e. The smallest absolute Gasteiger partial charge is 0.410 e. The monoisotopic (exact) mass is 584 g/mol. The first-order chi connectivity index (χ1) is 19.3. The Balaban J connectivity index is 1.80. The van der Waals surface area contributed by atoms with Gasteiger partial charge in [0.05, 0.1) is 51.2 Å². The minimum Gasteiger partial charge on any atom is -0.493 e. The van der Waals surface area contributed by atoms with Crippen molar-refractivity contribution in [3.63, 3.8) is 0 Å². The van der Waals surface area contributed by atoms with Crippen molar-refractivity contribution in [3.05, 3.63) is 29.6 Å². The van der Waals surface area contributed by atoms with E-state index in [2.05, 4.69) is 5.32 Å². The van der Waals surface area contributed by atoms with Crippen LogP contribution in [0.5, 0.6) is 5.75 Å². The fourth-order valence-electron chi connectivity index (χ4n) is 5.35. The van der Waals surface area contributed by atoms with Crippen LogP contribution in [0.3, 0.4) is 0 Å². The minimum atomic E-state index is -1.30. The molecule has 11 heteroatoms. The first kappa shape index (κ1) is 33.0. The Kier molecular flexibility index (Phi) is 11.8. The Morgan fingerprint density at radius 1 is 1.24 bits per heavy atom. The highest BCUT2D eigenvalue weighted by Gasteiger charge is 2.43. The second-order valence-corrected chi connectivity index (χ2v) is 12.3. The molecule has 2 fully saturated rings. The number of carbonyl (C=O) groups is 2. The summed E-state index contributed by atoms with van der Waals surface area (Å²) >= 11 is 0. The lowest BCUT2D eigenvalue weighted by atomic mass is 9.89. The first-order valence-corrected chi connectivity index (χ1v) is 14.5. The van der Waals surface area contributed by atoms with Gasteiger partial charge in [0.25, 0.3) is 0 Å². The second-order valence-electron chi connectivity index (χ2n) is 12.3. The molecule has 9 nitrogen and oxygen atoms in total. The number of nitrogens with zero attached hydrogens (tertiary/aromatic N) is 1. The molecule has 0 unspecified atom stereocenters. The molecule has 0 aromatic heterocycles. The van der Waals surface area contributed by atoms with E-state index in [9.17, 15) is 23.5 Å². The fourth-order valence-corrected chi connectivity index (χ4v) is 5.35. The highest BCUT2D eigenvalue weighted by molar-refractivity contribution is 5.73. The molecule has 0 spiro atoms. The number of aliphatic hydroxyl groups is 1. The third-order valence-corrected chi connectivity index (χ3v) is 7.40. The average Bonchev–Trinajstić information content (AvgIpc) is 3.38. The molecule has 232 valence electrons. The number of ether oxygens (including phenoxy) is 4. The van der Waals surface area contributed by atoms with Gasteiger partial charge in [-0.3, -0.25) is 14.1 Å². The van der Waals surface area contributed by atoms with Crippen LogP contribution in [0.1, 0.15) is 72.3 Å². The van der Waals surface area contributed by atoms with E-state index in [1.165, 1.54) is 24.0 Å². The topological polar surface area (TPSA) is 107 Å². The molecule has 1 saturated heterocycles. The quantitative estimate of drug-likeness (QED) is 0.372. The lowest BCUT2D eigenvalue weighted by Crippen LogP contribution is -2.62. The van der Waals surface area contributed by atoms with E-state index < -0.39 is 60.0 Å². The van der Waals surface area contributed by atoms with Gasteiger partial charge in [-0.25, -0.2) is 9.18 Å². The Morgan fingerprint density at radius 3 is 2.56 bits per heavy atom. The third-order valence-electron chi connectivity index (χ3n) is 7.40. The van der Waals surface area contributed by atoms with E-state index in [0.717, 1.165) is 32.1 Å². The third kappa shape index (κ3) is 9.78. The summed E-state index contributed by atoms with van der Waals surface area (Å²) in [6.45, 7) is 8.39. The number of amides is 2. The lowest BCUT2D eigenvalue weighted by molar-refractivity contribution is -0.214. The van der Waals surface area contributed by atoms with Crippen molar-refractivity contribution in [2.75, 3.05) is 33.0 Å². The number of nitrogens with one attached hydrogen (secondary N) is 1. The molecule has 1 heterocycles. The minimum absolute atomic E-state index is 0.0548. The molecule has 1 saturated carbocycles. The molecule has 2 amide bonds. The highest BCUT2D eigenvalue weighted by Crippen LogP contribution is 2.39. The molecule has 0 radical (unpaired) electrons. The predicted octanol–water partition coefficient (Wildman–Crippen LogP) is 4.53. The number of alkyl halides is 1. The number of carbonyl (C=O) groups excluding carboxylic acids is 2. The van der Waals surface area contributed by atoms with Gasteiger partial charge in [0.2, 0.25) is 5.91 Å². The average molecular weight is 585 g/mol. The molecule has 41 heavy (non-hydrogen) atoms. The van der Waals surface area contributed by atoms with E-state index in [1.807, 2.05) is 6.92 Å².